The van der Waals surface area contributed by atoms with E-state index in [4.69, 9.17) is 9.47 Å². The fourth-order valence-corrected chi connectivity index (χ4v) is 7.28. The number of methoxy groups -OCH3 is 1. The van der Waals surface area contributed by atoms with E-state index in [9.17, 15) is 41.5 Å². The summed E-state index contributed by atoms with van der Waals surface area (Å²) in [6, 6.07) is 8.74. The molecular weight excluding hydrogens is 741 g/mol. The summed E-state index contributed by atoms with van der Waals surface area (Å²) in [5.41, 5.74) is 0.861. The van der Waals surface area contributed by atoms with Gasteiger partial charge >= 0.3 is 0 Å². The zero-order valence-corrected chi connectivity index (χ0v) is 32.6. The van der Waals surface area contributed by atoms with Crippen molar-refractivity contribution in [2.45, 2.75) is 82.8 Å². The maximum atomic E-state index is 14.0. The van der Waals surface area contributed by atoms with Crippen LogP contribution in [0.4, 0.5) is 8.78 Å². The van der Waals surface area contributed by atoms with E-state index in [1.807, 2.05) is 30.3 Å². The highest BCUT2D eigenvalue weighted by molar-refractivity contribution is 7.88. The fraction of sp³-hybridized carbons (Fsp3) is 0.579. The first-order valence-corrected chi connectivity index (χ1v) is 20.2. The number of sulfonamides is 1. The standard InChI is InChI=1S/C38H53F2N5O9S/c1-22(2)34(38(50)42-19-23-9-7-6-8-10-23)44-37(49)33(53-4)18-32(46)31(21-54-28-14-25(39)13-26(40)15-28)43-36(48)30-17-27(45(3)55(5,51)52)16-29(30)35(47)41-20-24-11-12-24/h6-10,13-15,22,24,27,29-34,46H,11-12,16-21H2,1-5H3,(H,41,47)(H,42,50)(H,43,48)(H,44,49)/t27-,29+,30+,31-,32-,33+,34-/m0/s1. The zero-order chi connectivity index (χ0) is 40.4. The third-order valence-electron chi connectivity index (χ3n) is 10.2. The second-order valence-electron chi connectivity index (χ2n) is 14.8. The Balaban J connectivity index is 1.51. The van der Waals surface area contributed by atoms with Crippen LogP contribution < -0.4 is 26.0 Å². The Hall–Kier alpha value is -4.19. The van der Waals surface area contributed by atoms with E-state index in [1.54, 1.807) is 13.8 Å². The summed E-state index contributed by atoms with van der Waals surface area (Å²) >= 11 is 0. The molecule has 0 heterocycles. The van der Waals surface area contributed by atoms with Crippen molar-refractivity contribution in [3.63, 3.8) is 0 Å². The summed E-state index contributed by atoms with van der Waals surface area (Å²) in [6.45, 7) is 3.65. The van der Waals surface area contributed by atoms with Crippen molar-refractivity contribution in [3.05, 3.63) is 65.7 Å². The average molecular weight is 794 g/mol. The lowest BCUT2D eigenvalue weighted by molar-refractivity contribution is -0.138. The van der Waals surface area contributed by atoms with Gasteiger partial charge in [0.1, 0.15) is 36.1 Å². The monoisotopic (exact) mass is 793 g/mol. The van der Waals surface area contributed by atoms with Crippen LogP contribution in [0.2, 0.25) is 0 Å². The molecule has 17 heteroatoms. The van der Waals surface area contributed by atoms with Crippen LogP contribution in [0.25, 0.3) is 0 Å². The highest BCUT2D eigenvalue weighted by atomic mass is 32.2. The number of amides is 4. The first-order chi connectivity index (χ1) is 26.0. The van der Waals surface area contributed by atoms with Crippen molar-refractivity contribution >= 4 is 33.7 Å². The van der Waals surface area contributed by atoms with Crippen LogP contribution in [0, 0.1) is 35.3 Å². The number of rotatable bonds is 20. The number of nitrogens with one attached hydrogen (secondary N) is 4. The van der Waals surface area contributed by atoms with Gasteiger partial charge in [-0.3, -0.25) is 19.2 Å². The molecule has 55 heavy (non-hydrogen) atoms. The molecule has 7 atom stereocenters. The number of aliphatic hydroxyl groups excluding tert-OH is 1. The number of hydrogen-bond acceptors (Lipinski definition) is 9. The van der Waals surface area contributed by atoms with Gasteiger partial charge in [-0.1, -0.05) is 44.2 Å². The Morgan fingerprint density at radius 3 is 2.11 bits per heavy atom. The van der Waals surface area contributed by atoms with Gasteiger partial charge in [0, 0.05) is 57.9 Å². The molecule has 0 spiro atoms. The summed E-state index contributed by atoms with van der Waals surface area (Å²) in [5, 5.41) is 22.6. The second kappa shape index (κ2) is 19.6. The Labute approximate surface area is 321 Å². The summed E-state index contributed by atoms with van der Waals surface area (Å²) in [5.74, 6) is -6.23. The molecule has 2 fully saturated rings. The molecule has 0 aliphatic heterocycles. The molecular formula is C38H53F2N5O9S. The van der Waals surface area contributed by atoms with E-state index in [0.29, 0.717) is 18.5 Å². The molecule has 2 aromatic carbocycles. The van der Waals surface area contributed by atoms with Crippen LogP contribution in [0.3, 0.4) is 0 Å². The predicted octanol–water partition coefficient (Wildman–Crippen LogP) is 1.86. The minimum atomic E-state index is -3.67. The molecule has 0 unspecified atom stereocenters. The number of carbonyl (C=O) groups is 4. The van der Waals surface area contributed by atoms with Gasteiger partial charge in [0.25, 0.3) is 0 Å². The largest absolute Gasteiger partial charge is 0.491 e. The molecule has 0 aromatic heterocycles. The topological polar surface area (TPSA) is 192 Å². The number of carbonyl (C=O) groups excluding carboxylic acids is 4. The third-order valence-corrected chi connectivity index (χ3v) is 11.5. The number of nitrogens with zero attached hydrogens (tertiary/aromatic N) is 1. The van der Waals surface area contributed by atoms with Crippen LogP contribution in [0.15, 0.2) is 48.5 Å². The van der Waals surface area contributed by atoms with Crippen LogP contribution in [0.5, 0.6) is 5.75 Å². The highest BCUT2D eigenvalue weighted by Gasteiger charge is 2.46. The van der Waals surface area contributed by atoms with Crippen LogP contribution in [-0.2, 0) is 40.5 Å². The molecule has 2 aromatic rings. The Kier molecular flexibility index (Phi) is 15.5. The highest BCUT2D eigenvalue weighted by Crippen LogP contribution is 2.37. The Bertz CT molecular complexity index is 1730. The summed E-state index contributed by atoms with van der Waals surface area (Å²) in [7, 11) is -1.06. The zero-order valence-electron chi connectivity index (χ0n) is 31.8. The average Bonchev–Trinajstić information content (AvgIpc) is 3.86. The van der Waals surface area contributed by atoms with Crippen LogP contribution in [-0.4, -0.2) is 105 Å². The molecule has 2 saturated carbocycles. The Morgan fingerprint density at radius 2 is 1.55 bits per heavy atom. The van der Waals surface area contributed by atoms with E-state index >= 15 is 0 Å². The molecule has 0 saturated heterocycles. The second-order valence-corrected chi connectivity index (χ2v) is 16.8. The van der Waals surface area contributed by atoms with Gasteiger partial charge in [-0.05, 0) is 43.1 Å². The van der Waals surface area contributed by atoms with Crippen molar-refractivity contribution in [3.8, 4) is 5.75 Å². The minimum absolute atomic E-state index is 0.00171. The first kappa shape index (κ1) is 43.5. The molecule has 5 N–H and O–H groups in total. The molecule has 2 aliphatic carbocycles. The van der Waals surface area contributed by atoms with Gasteiger partial charge in [0.15, 0.2) is 0 Å². The maximum absolute atomic E-state index is 14.0. The lowest BCUT2D eigenvalue weighted by Gasteiger charge is -2.29. The molecule has 2 aliphatic rings. The summed E-state index contributed by atoms with van der Waals surface area (Å²) in [6.07, 6.45) is -0.255. The Morgan fingerprint density at radius 1 is 0.927 bits per heavy atom. The lowest BCUT2D eigenvalue weighted by atomic mass is 9.93. The number of benzene rings is 2. The number of hydrogen-bond donors (Lipinski definition) is 5. The smallest absolute Gasteiger partial charge is 0.249 e. The van der Waals surface area contributed by atoms with E-state index < -0.39 is 100 Å². The van der Waals surface area contributed by atoms with Crippen molar-refractivity contribution in [2.75, 3.05) is 33.6 Å². The van der Waals surface area contributed by atoms with Gasteiger partial charge in [-0.2, -0.15) is 0 Å². The molecule has 304 valence electrons. The third kappa shape index (κ3) is 12.9. The SMILES string of the molecule is CO[C@H](C[C@H](O)[C@H](COc1cc(F)cc(F)c1)NC(=O)[C@@H]1C[C@@H](N(C)S(C)(=O)=O)C[C@H]1C(=O)NCC1CC1)C(=O)N[C@H](C(=O)NCc1ccccc1)C(C)C. The molecule has 4 rings (SSSR count). The van der Waals surface area contributed by atoms with Gasteiger partial charge in [0.05, 0.1) is 30.2 Å². The number of ether oxygens (including phenoxy) is 2. The molecule has 14 nitrogen and oxygen atoms in total. The lowest BCUT2D eigenvalue weighted by Crippen LogP contribution is -2.54. The molecule has 0 radical (unpaired) electrons. The van der Waals surface area contributed by atoms with Crippen LogP contribution in [0.1, 0.15) is 51.5 Å². The maximum Gasteiger partial charge on any atom is 0.249 e. The van der Waals surface area contributed by atoms with E-state index in [-0.39, 0.29) is 31.1 Å². The normalized spacial score (nSPS) is 20.7. The van der Waals surface area contributed by atoms with E-state index in [0.717, 1.165) is 41.1 Å². The number of aliphatic hydroxyl groups is 1. The predicted molar refractivity (Wildman–Crippen MR) is 199 cm³/mol. The number of halogens is 2. The fourth-order valence-electron chi connectivity index (χ4n) is 6.56. The summed E-state index contributed by atoms with van der Waals surface area (Å²) in [4.78, 5) is 54.0. The quantitative estimate of drug-likeness (QED) is 0.133. The van der Waals surface area contributed by atoms with Crippen molar-refractivity contribution in [1.82, 2.24) is 25.6 Å². The van der Waals surface area contributed by atoms with Crippen molar-refractivity contribution < 1.29 is 51.0 Å². The van der Waals surface area contributed by atoms with Crippen LogP contribution >= 0.6 is 0 Å². The van der Waals surface area contributed by atoms with E-state index in [1.165, 1.54) is 14.2 Å². The van der Waals surface area contributed by atoms with Gasteiger partial charge in [-0.25, -0.2) is 21.5 Å². The molecule has 4 amide bonds. The van der Waals surface area contributed by atoms with Crippen molar-refractivity contribution in [1.29, 1.82) is 0 Å². The van der Waals surface area contributed by atoms with Gasteiger partial charge in [0.2, 0.25) is 33.7 Å². The summed E-state index contributed by atoms with van der Waals surface area (Å²) < 4.78 is 65.0. The molecule has 0 bridgehead atoms. The van der Waals surface area contributed by atoms with E-state index in [2.05, 4.69) is 21.3 Å². The first-order valence-electron chi connectivity index (χ1n) is 18.4. The minimum Gasteiger partial charge on any atom is -0.491 e. The van der Waals surface area contributed by atoms with Gasteiger partial charge < -0.3 is 35.8 Å². The van der Waals surface area contributed by atoms with Crippen molar-refractivity contribution in [2.24, 2.45) is 23.7 Å². The van der Waals surface area contributed by atoms with Gasteiger partial charge in [-0.15, -0.1) is 0 Å².